The summed E-state index contributed by atoms with van der Waals surface area (Å²) >= 11 is 12.4. The van der Waals surface area contributed by atoms with Crippen molar-refractivity contribution >= 4 is 58.2 Å². The number of benzene rings is 3. The van der Waals surface area contributed by atoms with Gasteiger partial charge in [-0.05, 0) is 92.6 Å². The fraction of sp³-hybridized carbons (Fsp3) is 0.314. The highest BCUT2D eigenvalue weighted by molar-refractivity contribution is 6.32. The number of aromatic hydroxyl groups is 1. The van der Waals surface area contributed by atoms with Gasteiger partial charge in [-0.25, -0.2) is 14.2 Å². The molecule has 3 fully saturated rings. The lowest BCUT2D eigenvalue weighted by Gasteiger charge is -2.49. The summed E-state index contributed by atoms with van der Waals surface area (Å²) in [5.74, 6) is -5.53. The molecule has 2 aliphatic heterocycles. The van der Waals surface area contributed by atoms with E-state index in [9.17, 15) is 28.7 Å². The van der Waals surface area contributed by atoms with Gasteiger partial charge in [0, 0.05) is 10.9 Å². The van der Waals surface area contributed by atoms with Crippen LogP contribution in [0.4, 0.5) is 15.8 Å². The van der Waals surface area contributed by atoms with Crippen LogP contribution in [0.5, 0.6) is 5.75 Å². The molecule has 45 heavy (non-hydrogen) atoms. The van der Waals surface area contributed by atoms with E-state index in [0.29, 0.717) is 28.3 Å². The van der Waals surface area contributed by atoms with Crippen LogP contribution < -0.4 is 9.80 Å². The monoisotopic (exact) mass is 646 g/mol. The minimum absolute atomic E-state index is 0.0888. The maximum Gasteiger partial charge on any atom is 0.241 e. The second-order valence-corrected chi connectivity index (χ2v) is 13.6. The Kier molecular flexibility index (Phi) is 6.77. The first-order chi connectivity index (χ1) is 21.3. The summed E-state index contributed by atoms with van der Waals surface area (Å²) in [4.78, 5) is 59.0. The number of fused-ring (bicyclic) bond motifs is 4. The van der Waals surface area contributed by atoms with E-state index in [1.54, 1.807) is 50.2 Å². The molecule has 2 heterocycles. The number of aryl methyl sites for hydroxylation is 2. The van der Waals surface area contributed by atoms with E-state index in [2.05, 4.69) is 0 Å². The van der Waals surface area contributed by atoms with Gasteiger partial charge < -0.3 is 5.11 Å². The van der Waals surface area contributed by atoms with Gasteiger partial charge in [0.1, 0.15) is 11.6 Å². The zero-order chi connectivity index (χ0) is 32.1. The molecule has 10 heteroatoms. The van der Waals surface area contributed by atoms with E-state index < -0.39 is 52.6 Å². The molecule has 7 nitrogen and oxygen atoms in total. The molecule has 6 atom stereocenters. The number of amides is 4. The number of carbonyl (C=O) groups excluding carboxylic acids is 4. The largest absolute Gasteiger partial charge is 0.508 e. The normalized spacial score (nSPS) is 29.1. The highest BCUT2D eigenvalue weighted by atomic mass is 35.5. The van der Waals surface area contributed by atoms with Crippen molar-refractivity contribution in [1.82, 2.24) is 0 Å². The Morgan fingerprint density at radius 2 is 1.51 bits per heavy atom. The predicted molar refractivity (Wildman–Crippen MR) is 168 cm³/mol. The zero-order valence-corrected chi connectivity index (χ0v) is 26.2. The number of anilines is 2. The minimum atomic E-state index is -1.27. The van der Waals surface area contributed by atoms with E-state index in [4.69, 9.17) is 23.2 Å². The van der Waals surface area contributed by atoms with Crippen LogP contribution in [0.25, 0.3) is 0 Å². The maximum atomic E-state index is 14.5. The summed E-state index contributed by atoms with van der Waals surface area (Å²) < 4.78 is 14.1. The second kappa shape index (κ2) is 10.3. The lowest BCUT2D eigenvalue weighted by Crippen LogP contribution is -2.48. The average Bonchev–Trinajstić information content (AvgIpc) is 3.37. The quantitative estimate of drug-likeness (QED) is 0.247. The Bertz CT molecular complexity index is 1890. The molecular formula is C35H29Cl2FN2O5. The average molecular weight is 648 g/mol. The summed E-state index contributed by atoms with van der Waals surface area (Å²) in [6, 6.07) is 13.9. The van der Waals surface area contributed by atoms with E-state index in [-0.39, 0.29) is 34.7 Å². The Morgan fingerprint density at radius 3 is 2.20 bits per heavy atom. The van der Waals surface area contributed by atoms with Gasteiger partial charge >= 0.3 is 0 Å². The van der Waals surface area contributed by atoms with E-state index in [0.717, 1.165) is 22.1 Å². The molecule has 0 radical (unpaired) electrons. The lowest BCUT2D eigenvalue weighted by atomic mass is 9.51. The van der Waals surface area contributed by atoms with Gasteiger partial charge in [0.2, 0.25) is 23.6 Å². The second-order valence-electron chi connectivity index (χ2n) is 12.8. The number of phenolic OH excluding ortho intramolecular Hbond substituents is 1. The molecule has 2 saturated heterocycles. The summed E-state index contributed by atoms with van der Waals surface area (Å²) in [5, 5.41) is 10.6. The topological polar surface area (TPSA) is 95.0 Å². The van der Waals surface area contributed by atoms with Crippen LogP contribution in [0.3, 0.4) is 0 Å². The third-order valence-corrected chi connectivity index (χ3v) is 11.1. The van der Waals surface area contributed by atoms with Crippen LogP contribution in [-0.2, 0) is 19.2 Å². The van der Waals surface area contributed by atoms with Gasteiger partial charge in [-0.3, -0.25) is 19.2 Å². The predicted octanol–water partition coefficient (Wildman–Crippen LogP) is 6.89. The van der Waals surface area contributed by atoms with Crippen molar-refractivity contribution < 1.29 is 28.7 Å². The van der Waals surface area contributed by atoms with E-state index in [1.807, 2.05) is 13.0 Å². The van der Waals surface area contributed by atoms with E-state index >= 15 is 0 Å². The molecular weight excluding hydrogens is 618 g/mol. The van der Waals surface area contributed by atoms with Gasteiger partial charge in [-0.1, -0.05) is 53.1 Å². The van der Waals surface area contributed by atoms with Gasteiger partial charge in [0.15, 0.2) is 0 Å². The van der Waals surface area contributed by atoms with Crippen molar-refractivity contribution in [3.63, 3.8) is 0 Å². The van der Waals surface area contributed by atoms with Crippen molar-refractivity contribution in [2.45, 2.75) is 39.5 Å². The van der Waals surface area contributed by atoms with Crippen LogP contribution in [0.2, 0.25) is 10.0 Å². The molecule has 3 aromatic carbocycles. The van der Waals surface area contributed by atoms with Gasteiger partial charge in [0.25, 0.3) is 0 Å². The van der Waals surface area contributed by atoms with E-state index in [1.165, 1.54) is 17.0 Å². The molecule has 0 bridgehead atoms. The first-order valence-corrected chi connectivity index (χ1v) is 15.6. The fourth-order valence-corrected chi connectivity index (χ4v) is 8.45. The standard InChI is InChI=1S/C35H29Cl2FN2O5/c1-16-4-6-19(13-25(16)36)39-31(42)22-9-8-21-23(29(22)33(39)44)15-24-32(43)40(20-7-10-27(38)26(37)14-20)34(45)35(24,3)30(21)18-5-11-28(41)17(2)12-18/h4-8,10-14,22-24,29-30,41H,9,15H2,1-3H3/t22-,23+,24-,29-,30-,35+/m0/s1. The maximum absolute atomic E-state index is 14.5. The molecule has 230 valence electrons. The number of carbonyl (C=O) groups is 4. The third-order valence-electron chi connectivity index (χ3n) is 10.4. The molecule has 3 aromatic rings. The molecule has 1 saturated carbocycles. The highest BCUT2D eigenvalue weighted by Gasteiger charge is 2.67. The van der Waals surface area contributed by atoms with Crippen molar-refractivity contribution in [2.75, 3.05) is 9.80 Å². The molecule has 0 unspecified atom stereocenters. The van der Waals surface area contributed by atoms with Crippen LogP contribution >= 0.6 is 23.2 Å². The molecule has 0 aromatic heterocycles. The summed E-state index contributed by atoms with van der Waals surface area (Å²) in [6.07, 6.45) is 2.44. The molecule has 0 spiro atoms. The Balaban J connectivity index is 1.37. The number of hydrogen-bond donors (Lipinski definition) is 1. The summed E-state index contributed by atoms with van der Waals surface area (Å²) in [6.45, 7) is 5.35. The Labute approximate surface area is 269 Å². The van der Waals surface area contributed by atoms with Crippen molar-refractivity contribution in [3.05, 3.63) is 98.8 Å². The number of halogens is 3. The smallest absolute Gasteiger partial charge is 0.241 e. The van der Waals surface area contributed by atoms with Crippen LogP contribution in [-0.4, -0.2) is 28.7 Å². The lowest BCUT2D eigenvalue weighted by molar-refractivity contribution is -0.131. The molecule has 1 N–H and O–H groups in total. The molecule has 4 amide bonds. The minimum Gasteiger partial charge on any atom is -0.508 e. The number of rotatable bonds is 3. The number of allylic oxidation sites excluding steroid dienone is 2. The van der Waals surface area contributed by atoms with Crippen LogP contribution in [0, 0.1) is 48.8 Å². The summed E-state index contributed by atoms with van der Waals surface area (Å²) in [7, 11) is 0. The Morgan fingerprint density at radius 1 is 0.822 bits per heavy atom. The third kappa shape index (κ3) is 4.15. The van der Waals surface area contributed by atoms with Gasteiger partial charge in [-0.2, -0.15) is 0 Å². The number of hydrogen-bond acceptors (Lipinski definition) is 5. The zero-order valence-electron chi connectivity index (χ0n) is 24.7. The first kappa shape index (κ1) is 29.7. The van der Waals surface area contributed by atoms with Crippen LogP contribution in [0.15, 0.2) is 66.2 Å². The molecule has 2 aliphatic carbocycles. The summed E-state index contributed by atoms with van der Waals surface area (Å²) in [5.41, 5.74) is 2.24. The van der Waals surface area contributed by atoms with Crippen molar-refractivity contribution in [3.8, 4) is 5.75 Å². The molecule has 7 rings (SSSR count). The van der Waals surface area contributed by atoms with Crippen LogP contribution in [0.1, 0.15) is 42.4 Å². The van der Waals surface area contributed by atoms with Crippen molar-refractivity contribution in [2.24, 2.45) is 29.1 Å². The fourth-order valence-electron chi connectivity index (χ4n) is 8.10. The number of nitrogens with zero attached hydrogens (tertiary/aromatic N) is 2. The van der Waals surface area contributed by atoms with Crippen molar-refractivity contribution in [1.29, 1.82) is 0 Å². The van der Waals surface area contributed by atoms with Gasteiger partial charge in [-0.15, -0.1) is 0 Å². The Hall–Kier alpha value is -4.01. The number of imide groups is 2. The SMILES string of the molecule is Cc1cc([C@H]2C3=CC[C@@H]4C(=O)N(c5ccc(C)c(Cl)c5)C(=O)[C@@H]4[C@@H]3C[C@H]3C(=O)N(c4ccc(F)c(Cl)c4)C(=O)[C@@]23C)ccc1O. The number of phenols is 1. The molecule has 4 aliphatic rings. The first-order valence-electron chi connectivity index (χ1n) is 14.8. The highest BCUT2D eigenvalue weighted by Crippen LogP contribution is 2.64. The van der Waals surface area contributed by atoms with Gasteiger partial charge in [0.05, 0.1) is 39.6 Å².